The van der Waals surface area contributed by atoms with E-state index in [2.05, 4.69) is 21.8 Å². The molecule has 1 aromatic heterocycles. The molecule has 21 heavy (non-hydrogen) atoms. The summed E-state index contributed by atoms with van der Waals surface area (Å²) in [6.07, 6.45) is 1.67. The standard InChI is InChI=1S/C15H18N2O2S2/c18-21(19,15-7-4-12-20-15)16-13-8-10-17(11-9-13)14-5-2-1-3-6-14/h1-7,12-13,16H,8-11H2. The van der Waals surface area contributed by atoms with Crippen molar-refractivity contribution in [2.24, 2.45) is 0 Å². The molecule has 0 radical (unpaired) electrons. The van der Waals surface area contributed by atoms with Gasteiger partial charge in [-0.3, -0.25) is 0 Å². The van der Waals surface area contributed by atoms with Gasteiger partial charge in [-0.1, -0.05) is 24.3 Å². The van der Waals surface area contributed by atoms with Gasteiger partial charge in [-0.05, 0) is 36.4 Å². The van der Waals surface area contributed by atoms with Gasteiger partial charge in [0.15, 0.2) is 0 Å². The van der Waals surface area contributed by atoms with Crippen LogP contribution in [0, 0.1) is 0 Å². The van der Waals surface area contributed by atoms with Gasteiger partial charge in [-0.15, -0.1) is 11.3 Å². The second-order valence-electron chi connectivity index (χ2n) is 5.15. The van der Waals surface area contributed by atoms with Gasteiger partial charge in [-0.2, -0.15) is 0 Å². The van der Waals surface area contributed by atoms with Crippen molar-refractivity contribution in [1.82, 2.24) is 4.72 Å². The second kappa shape index (κ2) is 6.17. The Morgan fingerprint density at radius 3 is 2.38 bits per heavy atom. The molecule has 4 nitrogen and oxygen atoms in total. The molecular weight excluding hydrogens is 304 g/mol. The number of rotatable bonds is 4. The molecule has 6 heteroatoms. The first-order valence-electron chi connectivity index (χ1n) is 7.01. The minimum atomic E-state index is -3.35. The third-order valence-electron chi connectivity index (χ3n) is 3.70. The fourth-order valence-electron chi connectivity index (χ4n) is 2.59. The Morgan fingerprint density at radius 1 is 1.05 bits per heavy atom. The number of benzene rings is 1. The average Bonchev–Trinajstić information content (AvgIpc) is 3.04. The van der Waals surface area contributed by atoms with Crippen LogP contribution in [-0.4, -0.2) is 27.5 Å². The van der Waals surface area contributed by atoms with Crippen LogP contribution in [0.3, 0.4) is 0 Å². The van der Waals surface area contributed by atoms with Crippen molar-refractivity contribution < 1.29 is 8.42 Å². The van der Waals surface area contributed by atoms with Crippen LogP contribution in [0.15, 0.2) is 52.1 Å². The van der Waals surface area contributed by atoms with Gasteiger partial charge in [0.2, 0.25) is 10.0 Å². The van der Waals surface area contributed by atoms with Crippen molar-refractivity contribution in [1.29, 1.82) is 0 Å². The molecular formula is C15H18N2O2S2. The summed E-state index contributed by atoms with van der Waals surface area (Å²) < 4.78 is 27.6. The molecule has 1 aliphatic rings. The van der Waals surface area contributed by atoms with E-state index in [1.807, 2.05) is 18.2 Å². The Hall–Kier alpha value is -1.37. The first-order valence-corrected chi connectivity index (χ1v) is 9.37. The zero-order valence-corrected chi connectivity index (χ0v) is 13.2. The van der Waals surface area contributed by atoms with Gasteiger partial charge in [0, 0.05) is 24.8 Å². The Bertz CT molecular complexity index is 661. The van der Waals surface area contributed by atoms with Gasteiger partial charge >= 0.3 is 0 Å². The molecule has 0 bridgehead atoms. The molecule has 0 amide bonds. The number of nitrogens with zero attached hydrogens (tertiary/aromatic N) is 1. The number of piperidine rings is 1. The first-order chi connectivity index (χ1) is 10.1. The predicted octanol–water partition coefficient (Wildman–Crippen LogP) is 2.70. The zero-order valence-electron chi connectivity index (χ0n) is 11.6. The quantitative estimate of drug-likeness (QED) is 0.941. The summed E-state index contributed by atoms with van der Waals surface area (Å²) in [5.41, 5.74) is 1.21. The van der Waals surface area contributed by atoms with Crippen molar-refractivity contribution in [3.05, 3.63) is 47.8 Å². The molecule has 1 fully saturated rings. The lowest BCUT2D eigenvalue weighted by Gasteiger charge is -2.33. The molecule has 1 saturated heterocycles. The fourth-order valence-corrected chi connectivity index (χ4v) is 4.90. The molecule has 2 heterocycles. The Kier molecular flexibility index (Phi) is 4.28. The molecule has 0 saturated carbocycles. The molecule has 0 aliphatic carbocycles. The largest absolute Gasteiger partial charge is 0.371 e. The van der Waals surface area contributed by atoms with E-state index < -0.39 is 10.0 Å². The SMILES string of the molecule is O=S(=O)(NC1CCN(c2ccccc2)CC1)c1cccs1. The van der Waals surface area contributed by atoms with Crippen LogP contribution in [0.4, 0.5) is 5.69 Å². The summed E-state index contributed by atoms with van der Waals surface area (Å²) in [5.74, 6) is 0. The minimum Gasteiger partial charge on any atom is -0.371 e. The van der Waals surface area contributed by atoms with Crippen LogP contribution in [0.2, 0.25) is 0 Å². The van der Waals surface area contributed by atoms with E-state index in [0.29, 0.717) is 4.21 Å². The number of nitrogens with one attached hydrogen (secondary N) is 1. The Balaban J connectivity index is 1.59. The first kappa shape index (κ1) is 14.6. The van der Waals surface area contributed by atoms with Crippen LogP contribution < -0.4 is 9.62 Å². The minimum absolute atomic E-state index is 0.0251. The smallest absolute Gasteiger partial charge is 0.250 e. The molecule has 0 atom stereocenters. The number of hydrogen-bond acceptors (Lipinski definition) is 4. The lowest BCUT2D eigenvalue weighted by molar-refractivity contribution is 0.460. The van der Waals surface area contributed by atoms with Crippen LogP contribution in [-0.2, 0) is 10.0 Å². The van der Waals surface area contributed by atoms with Crippen molar-refractivity contribution in [2.75, 3.05) is 18.0 Å². The molecule has 112 valence electrons. The number of thiophene rings is 1. The van der Waals surface area contributed by atoms with Crippen molar-refractivity contribution in [3.63, 3.8) is 0 Å². The van der Waals surface area contributed by atoms with Gasteiger partial charge < -0.3 is 4.90 Å². The van der Waals surface area contributed by atoms with E-state index in [0.717, 1.165) is 25.9 Å². The van der Waals surface area contributed by atoms with Gasteiger partial charge in [0.1, 0.15) is 4.21 Å². The summed E-state index contributed by atoms with van der Waals surface area (Å²) >= 11 is 1.25. The molecule has 1 N–H and O–H groups in total. The number of sulfonamides is 1. The van der Waals surface area contributed by atoms with E-state index in [1.165, 1.54) is 17.0 Å². The molecule has 2 aromatic rings. The average molecular weight is 322 g/mol. The van der Waals surface area contributed by atoms with E-state index in [1.54, 1.807) is 17.5 Å². The van der Waals surface area contributed by atoms with Crippen LogP contribution in [0.5, 0.6) is 0 Å². The van der Waals surface area contributed by atoms with E-state index >= 15 is 0 Å². The fraction of sp³-hybridized carbons (Fsp3) is 0.333. The highest BCUT2D eigenvalue weighted by molar-refractivity contribution is 7.91. The summed E-state index contributed by atoms with van der Waals surface area (Å²) in [4.78, 5) is 2.30. The molecule has 1 aromatic carbocycles. The van der Waals surface area contributed by atoms with Crippen molar-refractivity contribution in [3.8, 4) is 0 Å². The van der Waals surface area contributed by atoms with Crippen molar-refractivity contribution >= 4 is 27.0 Å². The maximum Gasteiger partial charge on any atom is 0.250 e. The third-order valence-corrected chi connectivity index (χ3v) is 6.62. The summed E-state index contributed by atoms with van der Waals surface area (Å²) in [7, 11) is -3.35. The predicted molar refractivity (Wildman–Crippen MR) is 86.3 cm³/mol. The Morgan fingerprint density at radius 2 is 1.76 bits per heavy atom. The van der Waals surface area contributed by atoms with E-state index in [9.17, 15) is 8.42 Å². The zero-order chi connectivity index (χ0) is 14.7. The summed E-state index contributed by atoms with van der Waals surface area (Å²) in [6, 6.07) is 13.7. The maximum atomic E-state index is 12.2. The highest BCUT2D eigenvalue weighted by atomic mass is 32.2. The normalized spacial score (nSPS) is 17.0. The molecule has 1 aliphatic heterocycles. The number of anilines is 1. The van der Waals surface area contributed by atoms with Gasteiger partial charge in [0.05, 0.1) is 0 Å². The lowest BCUT2D eigenvalue weighted by Crippen LogP contribution is -2.44. The number of hydrogen-bond donors (Lipinski definition) is 1. The molecule has 0 unspecified atom stereocenters. The summed E-state index contributed by atoms with van der Waals surface area (Å²) in [6.45, 7) is 1.75. The van der Waals surface area contributed by atoms with Gasteiger partial charge in [-0.25, -0.2) is 13.1 Å². The second-order valence-corrected chi connectivity index (χ2v) is 8.04. The number of para-hydroxylation sites is 1. The topological polar surface area (TPSA) is 49.4 Å². The van der Waals surface area contributed by atoms with Crippen LogP contribution in [0.1, 0.15) is 12.8 Å². The highest BCUT2D eigenvalue weighted by Crippen LogP contribution is 2.22. The molecule has 3 rings (SSSR count). The van der Waals surface area contributed by atoms with Crippen LogP contribution in [0.25, 0.3) is 0 Å². The lowest BCUT2D eigenvalue weighted by atomic mass is 10.1. The highest BCUT2D eigenvalue weighted by Gasteiger charge is 2.25. The molecule has 0 spiro atoms. The monoisotopic (exact) mass is 322 g/mol. The third kappa shape index (κ3) is 3.45. The Labute approximate surface area is 129 Å². The maximum absolute atomic E-state index is 12.2. The van der Waals surface area contributed by atoms with E-state index in [4.69, 9.17) is 0 Å². The van der Waals surface area contributed by atoms with Crippen molar-refractivity contribution in [2.45, 2.75) is 23.1 Å². The van der Waals surface area contributed by atoms with E-state index in [-0.39, 0.29) is 6.04 Å². The van der Waals surface area contributed by atoms with Gasteiger partial charge in [0.25, 0.3) is 0 Å². The van der Waals surface area contributed by atoms with Crippen LogP contribution >= 0.6 is 11.3 Å². The summed E-state index contributed by atoms with van der Waals surface area (Å²) in [5, 5.41) is 1.78.